The van der Waals surface area contributed by atoms with E-state index in [2.05, 4.69) is 4.98 Å². The predicted octanol–water partition coefficient (Wildman–Crippen LogP) is 3.39. The zero-order valence-corrected chi connectivity index (χ0v) is 15.7. The minimum absolute atomic E-state index is 0.0111. The highest BCUT2D eigenvalue weighted by Gasteiger charge is 2.61. The Labute approximate surface area is 159 Å². The highest BCUT2D eigenvalue weighted by molar-refractivity contribution is 5.97. The van der Waals surface area contributed by atoms with Crippen molar-refractivity contribution in [2.75, 3.05) is 0 Å². The SMILES string of the molecule is Cc1ccc(C(=O)N2[C@H]3CC[C@@H]2[C@](Cc2ccccc2)(C(=O)O)C3)c(C)n1. The van der Waals surface area contributed by atoms with E-state index in [-0.39, 0.29) is 18.0 Å². The molecule has 2 fully saturated rings. The molecule has 3 atom stereocenters. The van der Waals surface area contributed by atoms with Gasteiger partial charge in [0.25, 0.3) is 5.91 Å². The van der Waals surface area contributed by atoms with Gasteiger partial charge in [0.15, 0.2) is 0 Å². The summed E-state index contributed by atoms with van der Waals surface area (Å²) in [6, 6.07) is 13.1. The number of nitrogens with zero attached hydrogens (tertiary/aromatic N) is 2. The van der Waals surface area contributed by atoms with Crippen LogP contribution in [0.5, 0.6) is 0 Å². The number of carbonyl (C=O) groups excluding carboxylic acids is 1. The van der Waals surface area contributed by atoms with Crippen molar-refractivity contribution in [2.45, 2.75) is 51.6 Å². The van der Waals surface area contributed by atoms with E-state index in [1.54, 1.807) is 0 Å². The minimum atomic E-state index is -0.911. The Kier molecular flexibility index (Phi) is 4.25. The van der Waals surface area contributed by atoms with Crippen LogP contribution in [0.2, 0.25) is 0 Å². The average Bonchev–Trinajstić information content (AvgIpc) is 3.18. The summed E-state index contributed by atoms with van der Waals surface area (Å²) >= 11 is 0. The van der Waals surface area contributed by atoms with E-state index in [0.717, 1.165) is 24.1 Å². The maximum Gasteiger partial charge on any atom is 0.312 e. The molecular formula is C22H24N2O3. The zero-order valence-electron chi connectivity index (χ0n) is 15.7. The van der Waals surface area contributed by atoms with Gasteiger partial charge in [-0.1, -0.05) is 30.3 Å². The number of carboxylic acids is 1. The first-order valence-corrected chi connectivity index (χ1v) is 9.46. The van der Waals surface area contributed by atoms with Crippen molar-refractivity contribution in [3.05, 3.63) is 65.0 Å². The third-order valence-electron chi connectivity index (χ3n) is 6.22. The quantitative estimate of drug-likeness (QED) is 0.903. The summed E-state index contributed by atoms with van der Waals surface area (Å²) in [5.74, 6) is -0.876. The van der Waals surface area contributed by atoms with Gasteiger partial charge in [-0.15, -0.1) is 0 Å². The van der Waals surface area contributed by atoms with Gasteiger partial charge in [0.2, 0.25) is 0 Å². The van der Waals surface area contributed by atoms with Crippen LogP contribution < -0.4 is 0 Å². The van der Waals surface area contributed by atoms with Gasteiger partial charge in [0, 0.05) is 17.8 Å². The average molecular weight is 364 g/mol. The van der Waals surface area contributed by atoms with E-state index in [1.807, 2.05) is 61.2 Å². The van der Waals surface area contributed by atoms with Crippen molar-refractivity contribution in [3.8, 4) is 0 Å². The molecule has 2 aliphatic heterocycles. The summed E-state index contributed by atoms with van der Waals surface area (Å²) in [5.41, 5.74) is 2.26. The number of carboxylic acid groups (broad SMARTS) is 1. The Morgan fingerprint density at radius 3 is 2.56 bits per heavy atom. The Morgan fingerprint density at radius 1 is 1.15 bits per heavy atom. The number of amides is 1. The standard InChI is InChI=1S/C22H24N2O3/c1-14-8-10-18(15(2)23-14)20(25)24-17-9-11-19(24)22(13-17,21(26)27)12-16-6-4-3-5-7-16/h3-8,10,17,19H,9,11-13H2,1-2H3,(H,26,27)/t17-,19+,22+/m0/s1. The minimum Gasteiger partial charge on any atom is -0.481 e. The van der Waals surface area contributed by atoms with Crippen LogP contribution in [0.1, 0.15) is 46.6 Å². The summed E-state index contributed by atoms with van der Waals surface area (Å²) in [7, 11) is 0. The number of aliphatic carboxylic acids is 1. The van der Waals surface area contributed by atoms with E-state index in [9.17, 15) is 14.7 Å². The normalized spacial score (nSPS) is 26.4. The Balaban J connectivity index is 1.68. The highest BCUT2D eigenvalue weighted by atomic mass is 16.4. The lowest BCUT2D eigenvalue weighted by atomic mass is 9.70. The van der Waals surface area contributed by atoms with Gasteiger partial charge in [-0.05, 0) is 57.2 Å². The molecule has 0 unspecified atom stereocenters. The molecule has 5 nitrogen and oxygen atoms in total. The van der Waals surface area contributed by atoms with Crippen molar-refractivity contribution >= 4 is 11.9 Å². The molecule has 2 aliphatic rings. The lowest BCUT2D eigenvalue weighted by Gasteiger charge is -2.33. The smallest absolute Gasteiger partial charge is 0.312 e. The lowest BCUT2D eigenvalue weighted by molar-refractivity contribution is -0.150. The molecule has 0 aliphatic carbocycles. The van der Waals surface area contributed by atoms with Gasteiger partial charge in [0.05, 0.1) is 16.7 Å². The third kappa shape index (κ3) is 2.82. The van der Waals surface area contributed by atoms with E-state index in [1.165, 1.54) is 0 Å². The largest absolute Gasteiger partial charge is 0.481 e. The maximum absolute atomic E-state index is 13.3. The third-order valence-corrected chi connectivity index (χ3v) is 6.22. The van der Waals surface area contributed by atoms with Crippen LogP contribution in [-0.2, 0) is 11.2 Å². The van der Waals surface area contributed by atoms with Crippen LogP contribution >= 0.6 is 0 Å². The molecule has 140 valence electrons. The molecule has 1 aromatic heterocycles. The number of pyridine rings is 1. The van der Waals surface area contributed by atoms with Gasteiger partial charge in [-0.3, -0.25) is 14.6 Å². The second-order valence-electron chi connectivity index (χ2n) is 7.87. The van der Waals surface area contributed by atoms with Crippen molar-refractivity contribution in [1.82, 2.24) is 9.88 Å². The molecule has 2 aromatic rings. The van der Waals surface area contributed by atoms with Crippen LogP contribution in [0.3, 0.4) is 0 Å². The molecule has 0 saturated carbocycles. The second-order valence-corrected chi connectivity index (χ2v) is 7.87. The number of benzene rings is 1. The molecule has 5 heteroatoms. The monoisotopic (exact) mass is 364 g/mol. The van der Waals surface area contributed by atoms with Crippen LogP contribution in [0.15, 0.2) is 42.5 Å². The number of aromatic nitrogens is 1. The molecule has 0 radical (unpaired) electrons. The van der Waals surface area contributed by atoms with E-state index in [0.29, 0.717) is 24.1 Å². The van der Waals surface area contributed by atoms with Crippen molar-refractivity contribution < 1.29 is 14.7 Å². The summed E-state index contributed by atoms with van der Waals surface area (Å²) in [6.45, 7) is 3.74. The number of fused-ring (bicyclic) bond motifs is 2. The number of hydrogen-bond acceptors (Lipinski definition) is 3. The predicted molar refractivity (Wildman–Crippen MR) is 102 cm³/mol. The van der Waals surface area contributed by atoms with Crippen LogP contribution in [-0.4, -0.2) is 39.0 Å². The molecule has 0 spiro atoms. The van der Waals surface area contributed by atoms with E-state index in [4.69, 9.17) is 0 Å². The molecule has 1 amide bonds. The van der Waals surface area contributed by atoms with Gasteiger partial charge in [-0.2, -0.15) is 0 Å². The molecule has 1 N–H and O–H groups in total. The number of hydrogen-bond donors (Lipinski definition) is 1. The highest BCUT2D eigenvalue weighted by Crippen LogP contribution is 2.52. The molecule has 3 heterocycles. The summed E-state index contributed by atoms with van der Waals surface area (Å²) in [6.07, 6.45) is 2.59. The Morgan fingerprint density at radius 2 is 1.89 bits per heavy atom. The van der Waals surface area contributed by atoms with Crippen molar-refractivity contribution in [1.29, 1.82) is 0 Å². The fraction of sp³-hybridized carbons (Fsp3) is 0.409. The molecule has 2 saturated heterocycles. The fourth-order valence-electron chi connectivity index (χ4n) is 5.00. The molecule has 1 aromatic carbocycles. The van der Waals surface area contributed by atoms with Gasteiger partial charge in [0.1, 0.15) is 0 Å². The summed E-state index contributed by atoms with van der Waals surface area (Å²) < 4.78 is 0. The van der Waals surface area contributed by atoms with Crippen molar-refractivity contribution in [3.63, 3.8) is 0 Å². The van der Waals surface area contributed by atoms with Crippen LogP contribution in [0.25, 0.3) is 0 Å². The summed E-state index contributed by atoms with van der Waals surface area (Å²) in [4.78, 5) is 31.9. The van der Waals surface area contributed by atoms with E-state index >= 15 is 0 Å². The first-order chi connectivity index (χ1) is 12.9. The maximum atomic E-state index is 13.3. The fourth-order valence-corrected chi connectivity index (χ4v) is 5.00. The Hall–Kier alpha value is -2.69. The Bertz CT molecular complexity index is 896. The van der Waals surface area contributed by atoms with Gasteiger partial charge in [-0.25, -0.2) is 0 Å². The van der Waals surface area contributed by atoms with E-state index < -0.39 is 11.4 Å². The number of carbonyl (C=O) groups is 2. The molecule has 2 bridgehead atoms. The van der Waals surface area contributed by atoms with Gasteiger partial charge >= 0.3 is 5.97 Å². The van der Waals surface area contributed by atoms with Crippen LogP contribution in [0, 0.1) is 19.3 Å². The first kappa shape index (κ1) is 17.7. The molecule has 27 heavy (non-hydrogen) atoms. The number of aryl methyl sites for hydroxylation is 2. The number of rotatable bonds is 4. The molecule has 4 rings (SSSR count). The topological polar surface area (TPSA) is 70.5 Å². The van der Waals surface area contributed by atoms with Gasteiger partial charge < -0.3 is 10.0 Å². The zero-order chi connectivity index (χ0) is 19.2. The lowest BCUT2D eigenvalue weighted by Crippen LogP contribution is -2.46. The first-order valence-electron chi connectivity index (χ1n) is 9.46. The molecular weight excluding hydrogens is 340 g/mol. The summed E-state index contributed by atoms with van der Waals surface area (Å²) in [5, 5.41) is 10.2. The van der Waals surface area contributed by atoms with Crippen LogP contribution in [0.4, 0.5) is 0 Å². The second kappa shape index (κ2) is 6.48. The van der Waals surface area contributed by atoms with Crippen molar-refractivity contribution in [2.24, 2.45) is 5.41 Å².